The van der Waals surface area contributed by atoms with Crippen LogP contribution in [0.1, 0.15) is 38.9 Å². The highest BCUT2D eigenvalue weighted by atomic mass is 15.0. The Hall–Kier alpha value is -0.760. The summed E-state index contributed by atoms with van der Waals surface area (Å²) in [6.07, 6.45) is 3.36. The van der Waals surface area contributed by atoms with Gasteiger partial charge in [0.1, 0.15) is 0 Å². The Bertz CT molecular complexity index is 240. The summed E-state index contributed by atoms with van der Waals surface area (Å²) in [6, 6.07) is 4.93. The summed E-state index contributed by atoms with van der Waals surface area (Å²) >= 11 is 0. The zero-order valence-corrected chi connectivity index (χ0v) is 8.88. The van der Waals surface area contributed by atoms with Gasteiger partial charge in [0.25, 0.3) is 0 Å². The fourth-order valence-corrected chi connectivity index (χ4v) is 1.46. The maximum Gasteiger partial charge on any atom is 0.0359 e. The summed E-state index contributed by atoms with van der Waals surface area (Å²) in [7, 11) is 0. The van der Waals surface area contributed by atoms with Gasteiger partial charge in [0.05, 0.1) is 0 Å². The quantitative estimate of drug-likeness (QED) is 0.737. The van der Waals surface area contributed by atoms with E-state index in [4.69, 9.17) is 0 Å². The van der Waals surface area contributed by atoms with Gasteiger partial charge in [0.15, 0.2) is 0 Å². The molecule has 0 aliphatic carbocycles. The molecule has 74 valence electrons. The molecule has 0 amide bonds. The lowest BCUT2D eigenvalue weighted by Crippen LogP contribution is -2.16. The molecule has 1 atom stereocenters. The molecule has 1 N–H and O–H groups in total. The Morgan fingerprint density at radius 3 is 2.85 bits per heavy atom. The van der Waals surface area contributed by atoms with E-state index >= 15 is 0 Å². The highest BCUT2D eigenvalue weighted by molar-refractivity contribution is 5.08. The fraction of sp³-hybridized carbons (Fsp3) is 0.636. The second-order valence-corrected chi connectivity index (χ2v) is 3.44. The van der Waals surface area contributed by atoms with E-state index in [1.54, 1.807) is 0 Å². The predicted octanol–water partition coefficient (Wildman–Crippen LogP) is 2.57. The summed E-state index contributed by atoms with van der Waals surface area (Å²) in [5.41, 5.74) is 1.39. The third kappa shape index (κ3) is 2.59. The van der Waals surface area contributed by atoms with Crippen LogP contribution in [0.5, 0.6) is 0 Å². The van der Waals surface area contributed by atoms with Crippen LogP contribution >= 0.6 is 0 Å². The molecule has 0 radical (unpaired) electrons. The highest BCUT2D eigenvalue weighted by Crippen LogP contribution is 2.14. The van der Waals surface area contributed by atoms with Gasteiger partial charge >= 0.3 is 0 Å². The van der Waals surface area contributed by atoms with Gasteiger partial charge in [-0.15, -0.1) is 0 Å². The first-order valence-electron chi connectivity index (χ1n) is 5.16. The number of hydrogen-bond donors (Lipinski definition) is 1. The Morgan fingerprint density at radius 1 is 1.46 bits per heavy atom. The number of hydrogen-bond acceptors (Lipinski definition) is 1. The van der Waals surface area contributed by atoms with E-state index in [-0.39, 0.29) is 0 Å². The number of rotatable bonds is 5. The number of nitrogens with one attached hydrogen (secondary N) is 1. The Morgan fingerprint density at radius 2 is 2.23 bits per heavy atom. The molecule has 0 bridgehead atoms. The van der Waals surface area contributed by atoms with Gasteiger partial charge in [-0.3, -0.25) is 0 Å². The van der Waals surface area contributed by atoms with Crippen LogP contribution in [0.3, 0.4) is 0 Å². The van der Waals surface area contributed by atoms with Gasteiger partial charge in [-0.25, -0.2) is 0 Å². The van der Waals surface area contributed by atoms with Crippen molar-refractivity contribution in [2.75, 3.05) is 6.54 Å². The zero-order chi connectivity index (χ0) is 9.68. The maximum atomic E-state index is 3.35. The van der Waals surface area contributed by atoms with Gasteiger partial charge in [0, 0.05) is 24.5 Å². The van der Waals surface area contributed by atoms with Crippen LogP contribution < -0.4 is 5.32 Å². The monoisotopic (exact) mass is 180 g/mol. The first-order valence-corrected chi connectivity index (χ1v) is 5.16. The van der Waals surface area contributed by atoms with Crippen molar-refractivity contribution in [2.24, 2.45) is 0 Å². The van der Waals surface area contributed by atoms with E-state index in [0.29, 0.717) is 6.04 Å². The minimum atomic E-state index is 0.614. The summed E-state index contributed by atoms with van der Waals surface area (Å²) in [5, 5.41) is 3.35. The first kappa shape index (κ1) is 10.3. The largest absolute Gasteiger partial charge is 0.347 e. The molecular weight excluding hydrogens is 160 g/mol. The molecule has 0 fully saturated rings. The zero-order valence-electron chi connectivity index (χ0n) is 8.88. The molecule has 2 nitrogen and oxygen atoms in total. The van der Waals surface area contributed by atoms with Gasteiger partial charge in [0.2, 0.25) is 0 Å². The molecular formula is C11H20N2. The molecule has 0 saturated heterocycles. The van der Waals surface area contributed by atoms with Crippen LogP contribution in [0, 0.1) is 0 Å². The SMILES string of the molecule is CCNCc1cccn1C(C)CC. The van der Waals surface area contributed by atoms with E-state index in [1.165, 1.54) is 12.1 Å². The normalized spacial score (nSPS) is 13.2. The molecule has 1 aromatic heterocycles. The molecule has 1 heterocycles. The molecule has 0 aromatic carbocycles. The second kappa shape index (κ2) is 5.07. The maximum absolute atomic E-state index is 3.35. The molecule has 0 aliphatic heterocycles. The Kier molecular flexibility index (Phi) is 4.03. The average molecular weight is 180 g/mol. The van der Waals surface area contributed by atoms with E-state index in [2.05, 4.69) is 49.0 Å². The van der Waals surface area contributed by atoms with Gasteiger partial charge in [-0.2, -0.15) is 0 Å². The van der Waals surface area contributed by atoms with Crippen molar-refractivity contribution in [3.63, 3.8) is 0 Å². The lowest BCUT2D eigenvalue weighted by atomic mass is 10.2. The van der Waals surface area contributed by atoms with Crippen molar-refractivity contribution in [3.05, 3.63) is 24.0 Å². The second-order valence-electron chi connectivity index (χ2n) is 3.44. The molecule has 2 heteroatoms. The Labute approximate surface area is 81.0 Å². The molecule has 0 spiro atoms. The van der Waals surface area contributed by atoms with Crippen molar-refractivity contribution in [1.82, 2.24) is 9.88 Å². The minimum Gasteiger partial charge on any atom is -0.347 e. The number of nitrogens with zero attached hydrogens (tertiary/aromatic N) is 1. The fourth-order valence-electron chi connectivity index (χ4n) is 1.46. The van der Waals surface area contributed by atoms with Crippen molar-refractivity contribution in [1.29, 1.82) is 0 Å². The smallest absolute Gasteiger partial charge is 0.0359 e. The van der Waals surface area contributed by atoms with E-state index in [1.807, 2.05) is 0 Å². The van der Waals surface area contributed by atoms with Crippen LogP contribution in [0.4, 0.5) is 0 Å². The topological polar surface area (TPSA) is 17.0 Å². The molecule has 1 aromatic rings. The summed E-state index contributed by atoms with van der Waals surface area (Å²) in [6.45, 7) is 8.63. The highest BCUT2D eigenvalue weighted by Gasteiger charge is 2.04. The van der Waals surface area contributed by atoms with Crippen LogP contribution in [-0.2, 0) is 6.54 Å². The predicted molar refractivity (Wildman–Crippen MR) is 56.8 cm³/mol. The first-order chi connectivity index (χ1) is 6.29. The van der Waals surface area contributed by atoms with E-state index in [0.717, 1.165) is 13.1 Å². The third-order valence-electron chi connectivity index (χ3n) is 2.49. The standard InChI is InChI=1S/C11H20N2/c1-4-10(3)13-8-6-7-11(13)9-12-5-2/h6-8,10,12H,4-5,9H2,1-3H3. The van der Waals surface area contributed by atoms with Crippen molar-refractivity contribution >= 4 is 0 Å². The van der Waals surface area contributed by atoms with Crippen molar-refractivity contribution in [2.45, 2.75) is 39.8 Å². The van der Waals surface area contributed by atoms with Crippen LogP contribution in [0.25, 0.3) is 0 Å². The number of aromatic nitrogens is 1. The van der Waals surface area contributed by atoms with Gasteiger partial charge in [-0.05, 0) is 32.0 Å². The molecule has 1 rings (SSSR count). The lowest BCUT2D eigenvalue weighted by molar-refractivity contribution is 0.504. The Balaban J connectivity index is 2.65. The van der Waals surface area contributed by atoms with Crippen molar-refractivity contribution in [3.8, 4) is 0 Å². The summed E-state index contributed by atoms with van der Waals surface area (Å²) < 4.78 is 2.35. The van der Waals surface area contributed by atoms with E-state index in [9.17, 15) is 0 Å². The van der Waals surface area contributed by atoms with Crippen LogP contribution in [-0.4, -0.2) is 11.1 Å². The van der Waals surface area contributed by atoms with E-state index < -0.39 is 0 Å². The third-order valence-corrected chi connectivity index (χ3v) is 2.49. The lowest BCUT2D eigenvalue weighted by Gasteiger charge is -2.15. The molecule has 0 aliphatic rings. The van der Waals surface area contributed by atoms with Gasteiger partial charge in [-0.1, -0.05) is 13.8 Å². The van der Waals surface area contributed by atoms with Crippen LogP contribution in [0.15, 0.2) is 18.3 Å². The molecule has 13 heavy (non-hydrogen) atoms. The van der Waals surface area contributed by atoms with Crippen molar-refractivity contribution < 1.29 is 0 Å². The minimum absolute atomic E-state index is 0.614. The van der Waals surface area contributed by atoms with Crippen LogP contribution in [0.2, 0.25) is 0 Å². The van der Waals surface area contributed by atoms with Gasteiger partial charge < -0.3 is 9.88 Å². The average Bonchev–Trinajstić information content (AvgIpc) is 2.61. The molecule has 1 unspecified atom stereocenters. The summed E-state index contributed by atoms with van der Waals surface area (Å²) in [4.78, 5) is 0. The summed E-state index contributed by atoms with van der Waals surface area (Å²) in [5.74, 6) is 0. The molecule has 0 saturated carbocycles.